The van der Waals surface area contributed by atoms with E-state index >= 15 is 0 Å². The molecule has 210 valence electrons. The van der Waals surface area contributed by atoms with Crippen molar-refractivity contribution in [1.29, 1.82) is 0 Å². The van der Waals surface area contributed by atoms with Gasteiger partial charge in [-0.1, -0.05) is 42.0 Å². The Morgan fingerprint density at radius 1 is 0.821 bits per heavy atom. The minimum absolute atomic E-state index is 0.00370. The summed E-state index contributed by atoms with van der Waals surface area (Å²) in [5.41, 5.74) is 3.61. The van der Waals surface area contributed by atoms with Crippen molar-refractivity contribution < 1.29 is 14.7 Å². The van der Waals surface area contributed by atoms with Gasteiger partial charge in [0.25, 0.3) is 5.91 Å². The van der Waals surface area contributed by atoms with Crippen molar-refractivity contribution in [3.63, 3.8) is 0 Å². The number of aryl methyl sites for hydroxylation is 1. The molecule has 0 aromatic heterocycles. The summed E-state index contributed by atoms with van der Waals surface area (Å²) in [4.78, 5) is 34.8. The van der Waals surface area contributed by atoms with Crippen LogP contribution in [0.15, 0.2) is 48.5 Å². The quantitative estimate of drug-likeness (QED) is 0.610. The zero-order chi connectivity index (χ0) is 27.7. The molecule has 1 saturated carbocycles. The van der Waals surface area contributed by atoms with Crippen LogP contribution in [-0.4, -0.2) is 101 Å². The fraction of sp³-hybridized carbons (Fsp3) is 0.562. The third-order valence-corrected chi connectivity index (χ3v) is 9.41. The van der Waals surface area contributed by atoms with Crippen LogP contribution in [-0.2, 0) is 0 Å². The highest BCUT2D eigenvalue weighted by Crippen LogP contribution is 2.33. The Morgan fingerprint density at radius 3 is 2.03 bits per heavy atom. The van der Waals surface area contributed by atoms with Gasteiger partial charge in [0.05, 0.1) is 11.6 Å². The van der Waals surface area contributed by atoms with Crippen LogP contribution in [0.25, 0.3) is 11.1 Å². The first-order chi connectivity index (χ1) is 18.6. The number of hydrogen-bond donors (Lipinski definition) is 1. The molecule has 0 radical (unpaired) electrons. The average molecular weight is 533 g/mol. The standard InChI is InChI=1S/C32H44N4O3/c1-23-5-7-24(8-6-23)25-9-11-26(12-10-25)30(37)33(3)28-16-20-36(22-28)31(38)34(4)29-15-19-35(21-29)27-13-17-32(2,39)18-14-27/h5-12,27-29,39H,13-22H2,1-4H3/t27?,28-,29?,32?/m0/s1. The lowest BCUT2D eigenvalue weighted by atomic mass is 9.83. The first kappa shape index (κ1) is 27.7. The van der Waals surface area contributed by atoms with E-state index in [1.807, 2.05) is 60.0 Å². The maximum Gasteiger partial charge on any atom is 0.320 e. The number of benzene rings is 2. The van der Waals surface area contributed by atoms with E-state index in [-0.39, 0.29) is 24.0 Å². The molecule has 3 aliphatic rings. The van der Waals surface area contributed by atoms with Crippen LogP contribution in [0.4, 0.5) is 4.79 Å². The molecular formula is C32H44N4O3. The molecule has 0 spiro atoms. The maximum atomic E-state index is 13.4. The van der Waals surface area contributed by atoms with Crippen molar-refractivity contribution in [2.45, 2.75) is 76.1 Å². The molecule has 2 aliphatic heterocycles. The SMILES string of the molecule is Cc1ccc(-c2ccc(C(=O)N(C)[C@H]3CCN(C(=O)N(C)C4CCN(C5CCC(C)(O)CC5)C4)C3)cc2)cc1. The van der Waals surface area contributed by atoms with Gasteiger partial charge in [-0.3, -0.25) is 9.69 Å². The number of likely N-dealkylation sites (N-methyl/N-ethyl adjacent to an activating group) is 2. The summed E-state index contributed by atoms with van der Waals surface area (Å²) in [6.45, 7) is 7.18. The molecule has 7 nitrogen and oxygen atoms in total. The van der Waals surface area contributed by atoms with Crippen molar-refractivity contribution in [2.24, 2.45) is 0 Å². The number of carbonyl (C=O) groups is 2. The van der Waals surface area contributed by atoms with Gasteiger partial charge in [0.2, 0.25) is 0 Å². The van der Waals surface area contributed by atoms with Crippen molar-refractivity contribution in [3.05, 3.63) is 59.7 Å². The molecular weight excluding hydrogens is 488 g/mol. The smallest absolute Gasteiger partial charge is 0.320 e. The van der Waals surface area contributed by atoms with Crippen LogP contribution >= 0.6 is 0 Å². The fourth-order valence-electron chi connectivity index (χ4n) is 6.54. The summed E-state index contributed by atoms with van der Waals surface area (Å²) >= 11 is 0. The van der Waals surface area contributed by atoms with E-state index in [9.17, 15) is 14.7 Å². The molecule has 2 atom stereocenters. The minimum atomic E-state index is -0.520. The van der Waals surface area contributed by atoms with Gasteiger partial charge in [0.15, 0.2) is 0 Å². The Hall–Kier alpha value is -2.90. The van der Waals surface area contributed by atoms with Crippen LogP contribution in [0.1, 0.15) is 61.4 Å². The number of aliphatic hydroxyl groups is 1. The molecule has 5 rings (SSSR count). The van der Waals surface area contributed by atoms with Crippen LogP contribution in [0.3, 0.4) is 0 Å². The van der Waals surface area contributed by atoms with E-state index in [4.69, 9.17) is 0 Å². The van der Waals surface area contributed by atoms with Gasteiger partial charge < -0.3 is 19.8 Å². The topological polar surface area (TPSA) is 67.3 Å². The molecule has 39 heavy (non-hydrogen) atoms. The lowest BCUT2D eigenvalue weighted by molar-refractivity contribution is -0.00231. The number of carbonyl (C=O) groups excluding carboxylic acids is 2. The van der Waals surface area contributed by atoms with Crippen LogP contribution < -0.4 is 0 Å². The van der Waals surface area contributed by atoms with Crippen LogP contribution in [0, 0.1) is 6.92 Å². The molecule has 0 bridgehead atoms. The summed E-state index contributed by atoms with van der Waals surface area (Å²) in [6.07, 6.45) is 5.55. The van der Waals surface area contributed by atoms with E-state index in [1.54, 1.807) is 0 Å². The van der Waals surface area contributed by atoms with Crippen LogP contribution in [0.2, 0.25) is 0 Å². The molecule has 2 heterocycles. The molecule has 2 aromatic rings. The van der Waals surface area contributed by atoms with Gasteiger partial charge >= 0.3 is 6.03 Å². The number of amides is 3. The summed E-state index contributed by atoms with van der Waals surface area (Å²) < 4.78 is 0. The lowest BCUT2D eigenvalue weighted by Crippen LogP contribution is -2.48. The summed E-state index contributed by atoms with van der Waals surface area (Å²) in [7, 11) is 3.79. The van der Waals surface area contributed by atoms with Gasteiger partial charge in [-0.15, -0.1) is 0 Å². The Balaban J connectivity index is 1.13. The van der Waals surface area contributed by atoms with E-state index in [1.165, 1.54) is 5.56 Å². The molecule has 7 heteroatoms. The number of urea groups is 1. The lowest BCUT2D eigenvalue weighted by Gasteiger charge is -2.38. The average Bonchev–Trinajstić information content (AvgIpc) is 3.63. The predicted octanol–water partition coefficient (Wildman–Crippen LogP) is 4.63. The van der Waals surface area contributed by atoms with Gasteiger partial charge in [0.1, 0.15) is 0 Å². The summed E-state index contributed by atoms with van der Waals surface area (Å²) in [6, 6.07) is 17.0. The Morgan fingerprint density at radius 2 is 1.38 bits per heavy atom. The van der Waals surface area contributed by atoms with Gasteiger partial charge in [-0.25, -0.2) is 4.79 Å². The summed E-state index contributed by atoms with van der Waals surface area (Å²) in [5.74, 6) is -0.00370. The molecule has 1 aliphatic carbocycles. The highest BCUT2D eigenvalue weighted by molar-refractivity contribution is 5.95. The van der Waals surface area contributed by atoms with Crippen molar-refractivity contribution >= 4 is 11.9 Å². The molecule has 1 unspecified atom stereocenters. The van der Waals surface area contributed by atoms with E-state index in [2.05, 4.69) is 36.1 Å². The third-order valence-electron chi connectivity index (χ3n) is 9.41. The molecule has 3 amide bonds. The third kappa shape index (κ3) is 6.15. The predicted molar refractivity (Wildman–Crippen MR) is 155 cm³/mol. The Bertz CT molecular complexity index is 1150. The maximum absolute atomic E-state index is 13.4. The minimum Gasteiger partial charge on any atom is -0.390 e. The largest absolute Gasteiger partial charge is 0.390 e. The number of hydrogen-bond acceptors (Lipinski definition) is 4. The van der Waals surface area contributed by atoms with E-state index in [0.717, 1.165) is 62.7 Å². The van der Waals surface area contributed by atoms with Crippen molar-refractivity contribution in [3.8, 4) is 11.1 Å². The second kappa shape index (κ2) is 11.3. The van der Waals surface area contributed by atoms with Gasteiger partial charge in [-0.05, 0) is 75.6 Å². The van der Waals surface area contributed by atoms with Crippen molar-refractivity contribution in [2.75, 3.05) is 40.3 Å². The van der Waals surface area contributed by atoms with Gasteiger partial charge in [-0.2, -0.15) is 0 Å². The first-order valence-corrected chi connectivity index (χ1v) is 14.5. The van der Waals surface area contributed by atoms with Crippen LogP contribution in [0.5, 0.6) is 0 Å². The Labute approximate surface area is 233 Å². The highest BCUT2D eigenvalue weighted by Gasteiger charge is 2.39. The van der Waals surface area contributed by atoms with E-state index in [0.29, 0.717) is 24.7 Å². The van der Waals surface area contributed by atoms with Crippen molar-refractivity contribution in [1.82, 2.24) is 19.6 Å². The fourth-order valence-corrected chi connectivity index (χ4v) is 6.54. The summed E-state index contributed by atoms with van der Waals surface area (Å²) in [5, 5.41) is 10.3. The zero-order valence-corrected chi connectivity index (χ0v) is 24.0. The molecule has 2 saturated heterocycles. The molecule has 3 fully saturated rings. The first-order valence-electron chi connectivity index (χ1n) is 14.5. The number of likely N-dealkylation sites (tertiary alicyclic amines) is 2. The van der Waals surface area contributed by atoms with Gasteiger partial charge in [0, 0.05) is 57.9 Å². The molecule has 2 aromatic carbocycles. The zero-order valence-electron chi connectivity index (χ0n) is 24.0. The second-order valence-corrected chi connectivity index (χ2v) is 12.3. The number of rotatable bonds is 5. The Kier molecular flexibility index (Phi) is 8.01. The monoisotopic (exact) mass is 532 g/mol. The highest BCUT2D eigenvalue weighted by atomic mass is 16.3. The molecule has 1 N–H and O–H groups in total. The number of nitrogens with zero attached hydrogens (tertiary/aromatic N) is 4. The second-order valence-electron chi connectivity index (χ2n) is 12.3. The normalized spacial score (nSPS) is 27.5. The van der Waals surface area contributed by atoms with E-state index < -0.39 is 5.60 Å².